The number of hydrogen-bond donors (Lipinski definition) is 2. The van der Waals surface area contributed by atoms with E-state index < -0.39 is 30.2 Å². The molecule has 2 unspecified atom stereocenters. The minimum atomic E-state index is -2.73. The van der Waals surface area contributed by atoms with Crippen molar-refractivity contribution in [2.45, 2.75) is 96.2 Å². The van der Waals surface area contributed by atoms with Crippen molar-refractivity contribution in [1.29, 1.82) is 0 Å². The van der Waals surface area contributed by atoms with Crippen molar-refractivity contribution in [3.8, 4) is 0 Å². The smallest absolute Gasteiger partial charge is 0.270 e. The summed E-state index contributed by atoms with van der Waals surface area (Å²) in [5.74, 6) is -4.68. The summed E-state index contributed by atoms with van der Waals surface area (Å²) in [6, 6.07) is 2.34. The van der Waals surface area contributed by atoms with Crippen LogP contribution in [0.1, 0.15) is 106 Å². The summed E-state index contributed by atoms with van der Waals surface area (Å²) in [5.41, 5.74) is 2.04. The Bertz CT molecular complexity index is 1410. The largest absolute Gasteiger partial charge is 0.349 e. The highest BCUT2D eigenvalue weighted by Crippen LogP contribution is 2.43. The van der Waals surface area contributed by atoms with Gasteiger partial charge in [0.15, 0.2) is 5.65 Å². The van der Waals surface area contributed by atoms with Crippen LogP contribution in [0.2, 0.25) is 0 Å². The number of imidazole rings is 1. The highest BCUT2D eigenvalue weighted by molar-refractivity contribution is 5.92. The van der Waals surface area contributed by atoms with E-state index in [-0.39, 0.29) is 61.9 Å². The van der Waals surface area contributed by atoms with Gasteiger partial charge in [0.2, 0.25) is 18.3 Å². The van der Waals surface area contributed by atoms with Crippen LogP contribution in [-0.4, -0.2) is 48.5 Å². The number of alkyl halides is 4. The van der Waals surface area contributed by atoms with Gasteiger partial charge in [-0.2, -0.15) is 10.2 Å². The summed E-state index contributed by atoms with van der Waals surface area (Å²) in [6.07, 6.45) is 3.70. The molecule has 0 aliphatic heterocycles. The first-order valence-corrected chi connectivity index (χ1v) is 14.6. The first kappa shape index (κ1) is 30.0. The Labute approximate surface area is 241 Å². The molecule has 228 valence electrons. The van der Waals surface area contributed by atoms with Crippen molar-refractivity contribution < 1.29 is 27.2 Å². The number of halogens is 4. The average Bonchev–Trinajstić information content (AvgIpc) is 3.48. The third-order valence-electron chi connectivity index (χ3n) is 8.30. The van der Waals surface area contributed by atoms with Crippen LogP contribution in [0.3, 0.4) is 0 Å². The van der Waals surface area contributed by atoms with Crippen molar-refractivity contribution in [2.24, 2.45) is 17.8 Å². The van der Waals surface area contributed by atoms with Crippen molar-refractivity contribution in [2.75, 3.05) is 0 Å². The number of hydrogen-bond acceptors (Lipinski definition) is 5. The molecule has 3 aromatic heterocycles. The van der Waals surface area contributed by atoms with E-state index >= 15 is 0 Å². The maximum atomic E-state index is 14.0. The van der Waals surface area contributed by atoms with Gasteiger partial charge in [-0.1, -0.05) is 6.92 Å². The molecule has 0 aromatic carbocycles. The van der Waals surface area contributed by atoms with Gasteiger partial charge in [0.25, 0.3) is 5.91 Å². The molecule has 2 fully saturated rings. The third kappa shape index (κ3) is 6.75. The van der Waals surface area contributed by atoms with Gasteiger partial charge in [-0.3, -0.25) is 14.3 Å². The Kier molecular flexibility index (Phi) is 8.56. The summed E-state index contributed by atoms with van der Waals surface area (Å²) in [5, 5.41) is 14.7. The Hall–Kier alpha value is -3.51. The first-order valence-electron chi connectivity index (χ1n) is 14.6. The number of aromatic nitrogens is 5. The summed E-state index contributed by atoms with van der Waals surface area (Å²) in [7, 11) is 0. The second-order valence-corrected chi connectivity index (χ2v) is 12.1. The molecule has 3 aromatic rings. The van der Waals surface area contributed by atoms with Crippen molar-refractivity contribution in [1.82, 2.24) is 35.0 Å². The maximum Gasteiger partial charge on any atom is 0.270 e. The molecule has 5 rings (SSSR count). The molecule has 42 heavy (non-hydrogen) atoms. The van der Waals surface area contributed by atoms with Crippen LogP contribution in [0.25, 0.3) is 5.65 Å². The standard InChI is InChI=1S/C29H37F4N7O2/c1-16(2)40-22(8-11-34-40)28(42)38-26(19-6-9-29(32,33)10-7-19)21-15-39-23(36-21)13-20(14-35-39)25(18-4-5-18)37-24(41)12-17(3)27(30)31/h8,11,13-19,25-27H,4-7,9-10,12H2,1-3H3,(H,37,41)(H,38,42)/t17?,25?,26-/m0/s1. The molecule has 13 heteroatoms. The summed E-state index contributed by atoms with van der Waals surface area (Å²) in [4.78, 5) is 30.7. The monoisotopic (exact) mass is 591 g/mol. The lowest BCUT2D eigenvalue weighted by Crippen LogP contribution is -2.38. The fourth-order valence-electron chi connectivity index (χ4n) is 5.70. The molecule has 9 nitrogen and oxygen atoms in total. The predicted octanol–water partition coefficient (Wildman–Crippen LogP) is 5.66. The number of carbonyl (C=O) groups excluding carboxylic acids is 2. The third-order valence-corrected chi connectivity index (χ3v) is 8.30. The van der Waals surface area contributed by atoms with Crippen molar-refractivity contribution >= 4 is 17.5 Å². The van der Waals surface area contributed by atoms with Crippen LogP contribution < -0.4 is 10.6 Å². The van der Waals surface area contributed by atoms with Gasteiger partial charge in [0.1, 0.15) is 5.69 Å². The highest BCUT2D eigenvalue weighted by Gasteiger charge is 2.40. The van der Waals surface area contributed by atoms with Crippen molar-refractivity contribution in [3.05, 3.63) is 47.7 Å². The van der Waals surface area contributed by atoms with Gasteiger partial charge in [-0.05, 0) is 69.1 Å². The molecule has 0 saturated heterocycles. The molecule has 2 N–H and O–H groups in total. The molecule has 0 bridgehead atoms. The number of nitrogens with one attached hydrogen (secondary N) is 2. The van der Waals surface area contributed by atoms with Gasteiger partial charge >= 0.3 is 0 Å². The molecule has 3 atom stereocenters. The molecule has 2 amide bonds. The van der Waals surface area contributed by atoms with Crippen LogP contribution in [0.5, 0.6) is 0 Å². The lowest BCUT2D eigenvalue weighted by Gasteiger charge is -2.33. The van der Waals surface area contributed by atoms with Gasteiger partial charge in [0.05, 0.1) is 30.2 Å². The molecular formula is C29H37F4N7O2. The highest BCUT2D eigenvalue weighted by atomic mass is 19.3. The van der Waals surface area contributed by atoms with E-state index in [2.05, 4.69) is 20.8 Å². The van der Waals surface area contributed by atoms with Gasteiger partial charge in [-0.25, -0.2) is 27.1 Å². The van der Waals surface area contributed by atoms with E-state index in [1.807, 2.05) is 13.8 Å². The quantitative estimate of drug-likeness (QED) is 0.280. The van der Waals surface area contributed by atoms with Crippen LogP contribution in [0.15, 0.2) is 30.7 Å². The van der Waals surface area contributed by atoms with Gasteiger partial charge < -0.3 is 10.6 Å². The summed E-state index contributed by atoms with van der Waals surface area (Å²) >= 11 is 0. The zero-order chi connectivity index (χ0) is 30.2. The van der Waals surface area contributed by atoms with Crippen LogP contribution in [0.4, 0.5) is 17.6 Å². The van der Waals surface area contributed by atoms with Crippen LogP contribution in [-0.2, 0) is 4.79 Å². The number of rotatable bonds is 11. The normalized spacial score (nSPS) is 19.6. The summed E-state index contributed by atoms with van der Waals surface area (Å²) in [6.45, 7) is 5.16. The molecule has 2 aliphatic carbocycles. The second-order valence-electron chi connectivity index (χ2n) is 12.1. The zero-order valence-corrected chi connectivity index (χ0v) is 23.9. The Morgan fingerprint density at radius 3 is 2.36 bits per heavy atom. The van der Waals surface area contributed by atoms with E-state index in [9.17, 15) is 27.2 Å². The fourth-order valence-corrected chi connectivity index (χ4v) is 5.70. The lowest BCUT2D eigenvalue weighted by atomic mass is 9.81. The van der Waals surface area contributed by atoms with E-state index in [4.69, 9.17) is 4.98 Å². The van der Waals surface area contributed by atoms with E-state index in [1.165, 1.54) is 6.92 Å². The Morgan fingerprint density at radius 2 is 1.71 bits per heavy atom. The van der Waals surface area contributed by atoms with Gasteiger partial charge in [-0.15, -0.1) is 0 Å². The van der Waals surface area contributed by atoms with E-state index in [0.29, 0.717) is 22.6 Å². The molecule has 2 saturated carbocycles. The average molecular weight is 592 g/mol. The predicted molar refractivity (Wildman–Crippen MR) is 146 cm³/mol. The van der Waals surface area contributed by atoms with Crippen LogP contribution >= 0.6 is 0 Å². The van der Waals surface area contributed by atoms with Crippen LogP contribution in [0, 0.1) is 17.8 Å². The Morgan fingerprint density at radius 1 is 1.02 bits per heavy atom. The molecule has 3 heterocycles. The SMILES string of the molecule is CC(CC(=O)NC(c1cnn2cc([C@@H](NC(=O)c3ccnn3C(C)C)C3CCC(F)(F)CC3)nc2c1)C1CC1)C(F)F. The Balaban J connectivity index is 1.41. The number of carbonyl (C=O) groups is 2. The number of amides is 2. The molecule has 0 spiro atoms. The first-order chi connectivity index (χ1) is 19.9. The van der Waals surface area contributed by atoms with Gasteiger partial charge in [0, 0.05) is 37.4 Å². The lowest BCUT2D eigenvalue weighted by molar-refractivity contribution is -0.124. The molecule has 0 radical (unpaired) electrons. The van der Waals surface area contributed by atoms with Crippen molar-refractivity contribution in [3.63, 3.8) is 0 Å². The second kappa shape index (κ2) is 12.0. The minimum absolute atomic E-state index is 0.0520. The zero-order valence-electron chi connectivity index (χ0n) is 23.9. The van der Waals surface area contributed by atoms with E-state index in [0.717, 1.165) is 12.8 Å². The number of nitrogens with zero attached hydrogens (tertiary/aromatic N) is 5. The minimum Gasteiger partial charge on any atom is -0.349 e. The molecule has 2 aliphatic rings. The fraction of sp³-hybridized carbons (Fsp3) is 0.621. The topological polar surface area (TPSA) is 106 Å². The molecular weight excluding hydrogens is 554 g/mol. The van der Waals surface area contributed by atoms with E-state index in [1.54, 1.807) is 39.9 Å². The maximum absolute atomic E-state index is 14.0. The summed E-state index contributed by atoms with van der Waals surface area (Å²) < 4.78 is 57.2. The number of fused-ring (bicyclic) bond motifs is 1.